The Morgan fingerprint density at radius 2 is 1.76 bits per heavy atom. The molecule has 2 aromatic carbocycles. The summed E-state index contributed by atoms with van der Waals surface area (Å²) in [5.41, 5.74) is -0.679. The number of esters is 1. The molecule has 0 aliphatic heterocycles. The van der Waals surface area contributed by atoms with Crippen LogP contribution in [0.2, 0.25) is 0 Å². The van der Waals surface area contributed by atoms with E-state index in [2.05, 4.69) is 4.74 Å². The Morgan fingerprint density at radius 3 is 2.32 bits per heavy atom. The van der Waals surface area contributed by atoms with Gasteiger partial charge in [-0.25, -0.2) is 22.4 Å². The van der Waals surface area contributed by atoms with E-state index in [0.717, 1.165) is 18.9 Å². The highest BCUT2D eigenvalue weighted by atomic mass is 32.2. The number of benzene rings is 2. The second-order valence-electron chi connectivity index (χ2n) is 4.77. The molecule has 2 aromatic rings. The molecule has 2 rings (SSSR count). The maximum atomic E-state index is 13.7. The van der Waals surface area contributed by atoms with Gasteiger partial charge in [0.2, 0.25) is 0 Å². The molecular formula is C17H12F4O3S. The molecule has 0 aliphatic carbocycles. The summed E-state index contributed by atoms with van der Waals surface area (Å²) < 4.78 is 58.5. The van der Waals surface area contributed by atoms with Crippen LogP contribution < -0.4 is 0 Å². The minimum Gasteiger partial charge on any atom is -0.515 e. The molecule has 0 spiro atoms. The van der Waals surface area contributed by atoms with E-state index in [4.69, 9.17) is 0 Å². The Bertz CT molecular complexity index is 811. The molecule has 25 heavy (non-hydrogen) atoms. The molecule has 0 heterocycles. The maximum absolute atomic E-state index is 13.7. The molecule has 0 atom stereocenters. The molecule has 0 radical (unpaired) electrons. The molecule has 0 fully saturated rings. The fourth-order valence-electron chi connectivity index (χ4n) is 2.06. The van der Waals surface area contributed by atoms with Gasteiger partial charge in [-0.2, -0.15) is 0 Å². The smallest absolute Gasteiger partial charge is 0.341 e. The molecule has 132 valence electrons. The zero-order valence-electron chi connectivity index (χ0n) is 12.9. The lowest BCUT2D eigenvalue weighted by Crippen LogP contribution is -2.05. The highest BCUT2D eigenvalue weighted by Gasteiger charge is 2.21. The highest BCUT2D eigenvalue weighted by Crippen LogP contribution is 2.33. The maximum Gasteiger partial charge on any atom is 0.341 e. The molecule has 0 aliphatic rings. The average Bonchev–Trinajstić information content (AvgIpc) is 2.61. The van der Waals surface area contributed by atoms with Gasteiger partial charge in [-0.15, -0.1) is 11.8 Å². The highest BCUT2D eigenvalue weighted by molar-refractivity contribution is 7.98. The van der Waals surface area contributed by atoms with Crippen molar-refractivity contribution in [1.82, 2.24) is 0 Å². The van der Waals surface area contributed by atoms with Crippen molar-refractivity contribution in [3.8, 4) is 0 Å². The molecule has 0 bridgehead atoms. The first-order valence-corrected chi connectivity index (χ1v) is 7.86. The standard InChI is InChI=1S/C17H12F4O3S/c1-24-17(23)10(7-22)9-4-2-3-5-14(9)25-8-11-15(20)12(18)6-13(19)16(11)21/h2-7,22H,8H2,1H3. The number of carbonyl (C=O) groups is 1. The number of hydrogen-bond acceptors (Lipinski definition) is 4. The van der Waals surface area contributed by atoms with E-state index >= 15 is 0 Å². The van der Waals surface area contributed by atoms with E-state index in [9.17, 15) is 27.5 Å². The largest absolute Gasteiger partial charge is 0.515 e. The first kappa shape index (κ1) is 18.9. The molecule has 0 aromatic heterocycles. The first-order chi connectivity index (χ1) is 11.9. The Hall–Kier alpha value is -2.48. The van der Waals surface area contributed by atoms with Crippen LogP contribution in [0.5, 0.6) is 0 Å². The van der Waals surface area contributed by atoms with Crippen molar-refractivity contribution in [1.29, 1.82) is 0 Å². The number of aliphatic hydroxyl groups excluding tert-OH is 1. The van der Waals surface area contributed by atoms with Gasteiger partial charge in [-0.3, -0.25) is 0 Å². The molecule has 0 saturated carbocycles. The first-order valence-electron chi connectivity index (χ1n) is 6.87. The van der Waals surface area contributed by atoms with E-state index in [-0.39, 0.29) is 17.2 Å². The number of rotatable bonds is 5. The second kappa shape index (κ2) is 8.06. The fourth-order valence-corrected chi connectivity index (χ4v) is 3.12. The van der Waals surface area contributed by atoms with Crippen molar-refractivity contribution < 1.29 is 32.2 Å². The van der Waals surface area contributed by atoms with Crippen LogP contribution in [0.3, 0.4) is 0 Å². The van der Waals surface area contributed by atoms with Gasteiger partial charge in [0.15, 0.2) is 23.3 Å². The van der Waals surface area contributed by atoms with Crippen LogP contribution in [0.25, 0.3) is 5.57 Å². The summed E-state index contributed by atoms with van der Waals surface area (Å²) in [6, 6.07) is 6.32. The molecule has 0 saturated heterocycles. The Kier molecular flexibility index (Phi) is 6.08. The van der Waals surface area contributed by atoms with Gasteiger partial charge in [-0.1, -0.05) is 18.2 Å². The number of methoxy groups -OCH3 is 1. The molecule has 0 unspecified atom stereocenters. The topological polar surface area (TPSA) is 46.5 Å². The van der Waals surface area contributed by atoms with E-state index in [1.54, 1.807) is 12.1 Å². The molecular weight excluding hydrogens is 360 g/mol. The van der Waals surface area contributed by atoms with Crippen molar-refractivity contribution in [2.24, 2.45) is 0 Å². The van der Waals surface area contributed by atoms with E-state index in [1.165, 1.54) is 12.1 Å². The summed E-state index contributed by atoms with van der Waals surface area (Å²) in [5, 5.41) is 9.26. The van der Waals surface area contributed by atoms with Gasteiger partial charge in [0, 0.05) is 27.8 Å². The minimum absolute atomic E-state index is 0.136. The third-order valence-electron chi connectivity index (χ3n) is 3.29. The lowest BCUT2D eigenvalue weighted by atomic mass is 10.1. The third-order valence-corrected chi connectivity index (χ3v) is 4.39. The summed E-state index contributed by atoms with van der Waals surface area (Å²) in [4.78, 5) is 12.0. The van der Waals surface area contributed by atoms with E-state index < -0.39 is 40.6 Å². The van der Waals surface area contributed by atoms with Gasteiger partial charge >= 0.3 is 5.97 Å². The number of thioether (sulfide) groups is 1. The van der Waals surface area contributed by atoms with Gasteiger partial charge in [0.25, 0.3) is 0 Å². The monoisotopic (exact) mass is 372 g/mol. The van der Waals surface area contributed by atoms with Gasteiger partial charge in [0.05, 0.1) is 13.4 Å². The van der Waals surface area contributed by atoms with Crippen LogP contribution in [0, 0.1) is 23.3 Å². The normalized spacial score (nSPS) is 11.5. The Balaban J connectivity index is 2.37. The molecule has 3 nitrogen and oxygen atoms in total. The lowest BCUT2D eigenvalue weighted by molar-refractivity contribution is -0.133. The molecule has 1 N–H and O–H groups in total. The van der Waals surface area contributed by atoms with Crippen LogP contribution >= 0.6 is 11.8 Å². The number of ether oxygens (including phenoxy) is 1. The SMILES string of the molecule is COC(=O)C(=CO)c1ccccc1SCc1c(F)c(F)cc(F)c1F. The fraction of sp³-hybridized carbons (Fsp3) is 0.118. The quantitative estimate of drug-likeness (QED) is 0.208. The van der Waals surface area contributed by atoms with Crippen LogP contribution in [0.1, 0.15) is 11.1 Å². The minimum atomic E-state index is -1.49. The van der Waals surface area contributed by atoms with Crippen molar-refractivity contribution in [2.75, 3.05) is 7.11 Å². The van der Waals surface area contributed by atoms with Crippen molar-refractivity contribution in [3.63, 3.8) is 0 Å². The molecule has 0 amide bonds. The van der Waals surface area contributed by atoms with Crippen molar-refractivity contribution in [3.05, 3.63) is 71.0 Å². The summed E-state index contributed by atoms with van der Waals surface area (Å²) in [7, 11) is 1.13. The summed E-state index contributed by atoms with van der Waals surface area (Å²) in [6.07, 6.45) is 0.550. The summed E-state index contributed by atoms with van der Waals surface area (Å²) in [5.74, 6) is -7.18. The van der Waals surface area contributed by atoms with Gasteiger partial charge in [-0.05, 0) is 6.07 Å². The predicted molar refractivity (Wildman–Crippen MR) is 84.9 cm³/mol. The van der Waals surface area contributed by atoms with Gasteiger partial charge in [0.1, 0.15) is 5.57 Å². The van der Waals surface area contributed by atoms with E-state index in [1.807, 2.05) is 0 Å². The number of carbonyl (C=O) groups excluding carboxylic acids is 1. The molecule has 8 heteroatoms. The summed E-state index contributed by atoms with van der Waals surface area (Å²) in [6.45, 7) is 0. The van der Waals surface area contributed by atoms with Crippen molar-refractivity contribution in [2.45, 2.75) is 10.6 Å². The number of aliphatic hydroxyl groups is 1. The van der Waals surface area contributed by atoms with Crippen LogP contribution in [-0.2, 0) is 15.3 Å². The summed E-state index contributed by atoms with van der Waals surface area (Å²) >= 11 is 0.844. The van der Waals surface area contributed by atoms with E-state index in [0.29, 0.717) is 11.2 Å². The van der Waals surface area contributed by atoms with Gasteiger partial charge < -0.3 is 9.84 Å². The average molecular weight is 372 g/mol. The lowest BCUT2D eigenvalue weighted by Gasteiger charge is -2.11. The Morgan fingerprint density at radius 1 is 1.16 bits per heavy atom. The van der Waals surface area contributed by atoms with Crippen LogP contribution in [-0.4, -0.2) is 18.2 Å². The predicted octanol–water partition coefficient (Wildman–Crippen LogP) is 4.61. The van der Waals surface area contributed by atoms with Crippen LogP contribution in [0.4, 0.5) is 17.6 Å². The Labute approximate surface area is 144 Å². The van der Waals surface area contributed by atoms with Crippen LogP contribution in [0.15, 0.2) is 41.5 Å². The zero-order valence-corrected chi connectivity index (χ0v) is 13.7. The van der Waals surface area contributed by atoms with Crippen molar-refractivity contribution >= 4 is 23.3 Å². The second-order valence-corrected chi connectivity index (χ2v) is 5.78. The number of halogens is 4. The third kappa shape index (κ3) is 3.96. The zero-order chi connectivity index (χ0) is 18.6. The number of hydrogen-bond donors (Lipinski definition) is 1.